The Hall–Kier alpha value is -2.40. The van der Waals surface area contributed by atoms with Gasteiger partial charge in [-0.05, 0) is 48.7 Å². The molecule has 0 spiro atoms. The van der Waals surface area contributed by atoms with Gasteiger partial charge in [-0.3, -0.25) is 9.69 Å². The Kier molecular flexibility index (Phi) is 6.23. The van der Waals surface area contributed by atoms with Crippen molar-refractivity contribution in [2.75, 3.05) is 44.2 Å². The van der Waals surface area contributed by atoms with Gasteiger partial charge in [0.25, 0.3) is 0 Å². The molecule has 1 amide bonds. The number of piperazine rings is 1. The monoisotopic (exact) mass is 355 g/mol. The van der Waals surface area contributed by atoms with E-state index >= 15 is 0 Å². The highest BCUT2D eigenvalue weighted by Crippen LogP contribution is 2.16. The van der Waals surface area contributed by atoms with E-state index in [1.807, 2.05) is 24.3 Å². The third kappa shape index (κ3) is 5.05. The van der Waals surface area contributed by atoms with Crippen LogP contribution < -0.4 is 10.2 Å². The molecule has 0 bridgehead atoms. The van der Waals surface area contributed by atoms with Gasteiger partial charge in [0.1, 0.15) is 5.82 Å². The maximum Gasteiger partial charge on any atom is 0.234 e. The van der Waals surface area contributed by atoms with Crippen LogP contribution in [0.5, 0.6) is 0 Å². The smallest absolute Gasteiger partial charge is 0.234 e. The van der Waals surface area contributed by atoms with Crippen LogP contribution in [-0.4, -0.2) is 50.1 Å². The first-order chi connectivity index (χ1) is 12.6. The fourth-order valence-electron chi connectivity index (χ4n) is 3.30. The summed E-state index contributed by atoms with van der Waals surface area (Å²) in [6, 6.07) is 14.9. The highest BCUT2D eigenvalue weighted by molar-refractivity contribution is 5.78. The number of aryl methyl sites for hydroxylation is 1. The maximum absolute atomic E-state index is 13.0. The molecule has 26 heavy (non-hydrogen) atoms. The molecule has 3 rings (SSSR count). The van der Waals surface area contributed by atoms with Crippen LogP contribution in [0.1, 0.15) is 11.1 Å². The molecular formula is C21H26FN3O. The predicted octanol–water partition coefficient (Wildman–Crippen LogP) is 2.62. The van der Waals surface area contributed by atoms with Gasteiger partial charge in [0.2, 0.25) is 5.91 Å². The molecule has 1 fully saturated rings. The van der Waals surface area contributed by atoms with Gasteiger partial charge in [-0.2, -0.15) is 0 Å². The summed E-state index contributed by atoms with van der Waals surface area (Å²) < 4.78 is 13.0. The van der Waals surface area contributed by atoms with Gasteiger partial charge in [0.05, 0.1) is 6.54 Å². The third-order valence-corrected chi connectivity index (χ3v) is 4.91. The summed E-state index contributed by atoms with van der Waals surface area (Å²) in [6.45, 7) is 6.57. The van der Waals surface area contributed by atoms with Gasteiger partial charge in [-0.25, -0.2) is 4.39 Å². The van der Waals surface area contributed by atoms with Crippen LogP contribution in [0.2, 0.25) is 0 Å². The molecule has 1 aliphatic heterocycles. The molecule has 0 radical (unpaired) electrons. The molecule has 2 aromatic carbocycles. The number of anilines is 1. The van der Waals surface area contributed by atoms with E-state index in [-0.39, 0.29) is 11.7 Å². The Morgan fingerprint density at radius 1 is 1.04 bits per heavy atom. The molecule has 1 aliphatic rings. The Bertz CT molecular complexity index is 724. The number of rotatable bonds is 6. The topological polar surface area (TPSA) is 35.6 Å². The SMILES string of the molecule is Cc1ccccc1CCNC(=O)CN1CCN(c2ccc(F)cc2)CC1. The molecule has 0 unspecified atom stereocenters. The van der Waals surface area contributed by atoms with Crippen molar-refractivity contribution >= 4 is 11.6 Å². The largest absolute Gasteiger partial charge is 0.369 e. The van der Waals surface area contributed by atoms with E-state index in [9.17, 15) is 9.18 Å². The number of carbonyl (C=O) groups excluding carboxylic acids is 1. The minimum Gasteiger partial charge on any atom is -0.369 e. The normalized spacial score (nSPS) is 15.1. The van der Waals surface area contributed by atoms with Crippen molar-refractivity contribution in [2.45, 2.75) is 13.3 Å². The predicted molar refractivity (Wildman–Crippen MR) is 103 cm³/mol. The second-order valence-electron chi connectivity index (χ2n) is 6.77. The van der Waals surface area contributed by atoms with Crippen molar-refractivity contribution in [2.24, 2.45) is 0 Å². The van der Waals surface area contributed by atoms with Crippen LogP contribution in [-0.2, 0) is 11.2 Å². The Balaban J connectivity index is 1.38. The van der Waals surface area contributed by atoms with E-state index in [1.54, 1.807) is 0 Å². The van der Waals surface area contributed by atoms with E-state index in [0.29, 0.717) is 13.1 Å². The van der Waals surface area contributed by atoms with Crippen molar-refractivity contribution in [1.82, 2.24) is 10.2 Å². The van der Waals surface area contributed by atoms with Crippen LogP contribution in [0.15, 0.2) is 48.5 Å². The number of benzene rings is 2. The number of nitrogens with one attached hydrogen (secondary N) is 1. The summed E-state index contributed by atoms with van der Waals surface area (Å²) in [7, 11) is 0. The van der Waals surface area contributed by atoms with Gasteiger partial charge >= 0.3 is 0 Å². The lowest BCUT2D eigenvalue weighted by molar-refractivity contribution is -0.122. The number of nitrogens with zero attached hydrogens (tertiary/aromatic N) is 2. The Labute approximate surface area is 154 Å². The molecule has 1 N–H and O–H groups in total. The standard InChI is InChI=1S/C21H26FN3O/c1-17-4-2-3-5-18(17)10-11-23-21(26)16-24-12-14-25(15-13-24)20-8-6-19(22)7-9-20/h2-9H,10-16H2,1H3,(H,23,26). The van der Waals surface area contributed by atoms with Crippen LogP contribution in [0.3, 0.4) is 0 Å². The zero-order valence-electron chi connectivity index (χ0n) is 15.2. The molecule has 0 saturated carbocycles. The molecule has 4 nitrogen and oxygen atoms in total. The van der Waals surface area contributed by atoms with E-state index < -0.39 is 0 Å². The van der Waals surface area contributed by atoms with Crippen LogP contribution in [0.25, 0.3) is 0 Å². The van der Waals surface area contributed by atoms with E-state index in [2.05, 4.69) is 34.2 Å². The minimum absolute atomic E-state index is 0.0776. The minimum atomic E-state index is -0.213. The number of hydrogen-bond acceptors (Lipinski definition) is 3. The van der Waals surface area contributed by atoms with Crippen LogP contribution >= 0.6 is 0 Å². The number of halogens is 1. The zero-order valence-corrected chi connectivity index (χ0v) is 15.2. The summed E-state index contributed by atoms with van der Waals surface area (Å²) in [6.07, 6.45) is 0.858. The first-order valence-electron chi connectivity index (χ1n) is 9.16. The fraction of sp³-hybridized carbons (Fsp3) is 0.381. The quantitative estimate of drug-likeness (QED) is 0.865. The second kappa shape index (κ2) is 8.81. The average Bonchev–Trinajstić information content (AvgIpc) is 2.65. The molecule has 0 atom stereocenters. The van der Waals surface area contributed by atoms with Crippen molar-refractivity contribution in [3.05, 3.63) is 65.5 Å². The summed E-state index contributed by atoms with van der Waals surface area (Å²) in [5.41, 5.74) is 3.58. The van der Waals surface area contributed by atoms with Crippen LogP contribution in [0, 0.1) is 12.7 Å². The molecule has 2 aromatic rings. The lowest BCUT2D eigenvalue weighted by Crippen LogP contribution is -2.49. The molecule has 0 aliphatic carbocycles. The van der Waals surface area contributed by atoms with Gasteiger partial charge in [0, 0.05) is 38.4 Å². The highest BCUT2D eigenvalue weighted by atomic mass is 19.1. The van der Waals surface area contributed by atoms with Gasteiger partial charge in [-0.1, -0.05) is 24.3 Å². The summed E-state index contributed by atoms with van der Waals surface area (Å²) >= 11 is 0. The molecule has 1 saturated heterocycles. The zero-order chi connectivity index (χ0) is 18.4. The molecule has 1 heterocycles. The molecular weight excluding hydrogens is 329 g/mol. The Morgan fingerprint density at radius 3 is 2.42 bits per heavy atom. The number of amides is 1. The molecule has 0 aromatic heterocycles. The number of hydrogen-bond donors (Lipinski definition) is 1. The van der Waals surface area contributed by atoms with E-state index in [4.69, 9.17) is 0 Å². The van der Waals surface area contributed by atoms with Gasteiger partial charge < -0.3 is 10.2 Å². The van der Waals surface area contributed by atoms with Crippen molar-refractivity contribution in [3.63, 3.8) is 0 Å². The fourth-order valence-corrected chi connectivity index (χ4v) is 3.30. The highest BCUT2D eigenvalue weighted by Gasteiger charge is 2.19. The van der Waals surface area contributed by atoms with E-state index in [0.717, 1.165) is 38.3 Å². The van der Waals surface area contributed by atoms with Gasteiger partial charge in [-0.15, -0.1) is 0 Å². The van der Waals surface area contributed by atoms with E-state index in [1.165, 1.54) is 23.3 Å². The third-order valence-electron chi connectivity index (χ3n) is 4.91. The lowest BCUT2D eigenvalue weighted by Gasteiger charge is -2.35. The summed E-state index contributed by atoms with van der Waals surface area (Å²) in [5, 5.41) is 3.02. The Morgan fingerprint density at radius 2 is 1.73 bits per heavy atom. The summed E-state index contributed by atoms with van der Waals surface area (Å²) in [4.78, 5) is 16.6. The van der Waals surface area contributed by atoms with Gasteiger partial charge in [0.15, 0.2) is 0 Å². The van der Waals surface area contributed by atoms with Crippen LogP contribution in [0.4, 0.5) is 10.1 Å². The van der Waals surface area contributed by atoms with Crippen molar-refractivity contribution in [3.8, 4) is 0 Å². The average molecular weight is 355 g/mol. The van der Waals surface area contributed by atoms with Crippen molar-refractivity contribution in [1.29, 1.82) is 0 Å². The molecule has 138 valence electrons. The lowest BCUT2D eigenvalue weighted by atomic mass is 10.1. The van der Waals surface area contributed by atoms with Crippen molar-refractivity contribution < 1.29 is 9.18 Å². The summed E-state index contributed by atoms with van der Waals surface area (Å²) in [5.74, 6) is -0.136. The first-order valence-corrected chi connectivity index (χ1v) is 9.16. The second-order valence-corrected chi connectivity index (χ2v) is 6.77. The number of carbonyl (C=O) groups is 1. The first kappa shape index (κ1) is 18.4. The molecule has 5 heteroatoms. The maximum atomic E-state index is 13.0.